The lowest BCUT2D eigenvalue weighted by molar-refractivity contribution is -0.132. The number of carbonyl (C=O) groups is 1. The van der Waals surface area contributed by atoms with Crippen molar-refractivity contribution in [2.75, 3.05) is 0 Å². The molecule has 0 N–H and O–H groups in total. The molecule has 3 rings (SSSR count). The zero-order valence-corrected chi connectivity index (χ0v) is 15.0. The summed E-state index contributed by atoms with van der Waals surface area (Å²) in [5.74, 6) is 0.0330. The molecule has 0 radical (unpaired) electrons. The molecule has 1 atom stereocenters. The smallest absolute Gasteiger partial charge is 0.227 e. The molecule has 0 aromatic heterocycles. The maximum atomic E-state index is 12.7. The van der Waals surface area contributed by atoms with E-state index >= 15 is 0 Å². The fourth-order valence-corrected chi connectivity index (χ4v) is 3.90. The highest BCUT2D eigenvalue weighted by Crippen LogP contribution is 2.38. The molecule has 1 amide bonds. The van der Waals surface area contributed by atoms with Gasteiger partial charge in [0, 0.05) is 21.1 Å². The highest BCUT2D eigenvalue weighted by atomic mass is 79.9. The molecule has 0 aliphatic carbocycles. The molecule has 114 valence electrons. The van der Waals surface area contributed by atoms with Crippen LogP contribution in [0.2, 0.25) is 10.0 Å². The van der Waals surface area contributed by atoms with Crippen molar-refractivity contribution < 1.29 is 4.79 Å². The van der Waals surface area contributed by atoms with Crippen molar-refractivity contribution in [1.82, 2.24) is 4.90 Å². The highest BCUT2D eigenvalue weighted by molar-refractivity contribution is 9.10. The number of benzene rings is 2. The first-order chi connectivity index (χ1) is 10.5. The van der Waals surface area contributed by atoms with Crippen LogP contribution < -0.4 is 0 Å². The second-order valence-electron chi connectivity index (χ2n) is 5.38. The van der Waals surface area contributed by atoms with Crippen LogP contribution in [-0.2, 0) is 17.8 Å². The molecule has 0 bridgehead atoms. The van der Waals surface area contributed by atoms with E-state index in [1.165, 1.54) is 11.1 Å². The predicted molar refractivity (Wildman–Crippen MR) is 93.3 cm³/mol. The predicted octanol–water partition coefficient (Wildman–Crippen LogP) is 5.40. The lowest BCUT2D eigenvalue weighted by Crippen LogP contribution is -2.29. The third-order valence-electron chi connectivity index (χ3n) is 4.11. The van der Waals surface area contributed by atoms with Crippen molar-refractivity contribution in [3.63, 3.8) is 0 Å². The van der Waals surface area contributed by atoms with Gasteiger partial charge in [0.2, 0.25) is 5.91 Å². The molecule has 1 aliphatic rings. The highest BCUT2D eigenvalue weighted by Gasteiger charge is 2.31. The molecule has 0 saturated heterocycles. The number of amides is 1. The van der Waals surface area contributed by atoms with Crippen LogP contribution in [-0.4, -0.2) is 10.8 Å². The average Bonchev–Trinajstić information content (AvgIpc) is 2.82. The molecular weight excluding hydrogens is 385 g/mol. The summed E-state index contributed by atoms with van der Waals surface area (Å²) in [4.78, 5) is 14.6. The van der Waals surface area contributed by atoms with Crippen LogP contribution >= 0.6 is 39.1 Å². The summed E-state index contributed by atoms with van der Waals surface area (Å²) in [6.07, 6.45) is 0.217. The van der Waals surface area contributed by atoms with Gasteiger partial charge >= 0.3 is 0 Å². The zero-order valence-electron chi connectivity index (χ0n) is 11.9. The summed E-state index contributed by atoms with van der Waals surface area (Å²) in [6, 6.07) is 11.4. The molecule has 0 spiro atoms. The van der Waals surface area contributed by atoms with Gasteiger partial charge in [-0.15, -0.1) is 0 Å². The summed E-state index contributed by atoms with van der Waals surface area (Å²) in [6.45, 7) is 2.66. The van der Waals surface area contributed by atoms with Crippen LogP contribution in [0.3, 0.4) is 0 Å². The Morgan fingerprint density at radius 1 is 1.23 bits per heavy atom. The maximum Gasteiger partial charge on any atom is 0.227 e. The van der Waals surface area contributed by atoms with E-state index in [1.54, 1.807) is 18.2 Å². The Morgan fingerprint density at radius 3 is 2.50 bits per heavy atom. The SMILES string of the molecule is C[C@H]1c2cccc(Br)c2CN1C(=O)Cc1c(Cl)cccc1Cl. The van der Waals surface area contributed by atoms with E-state index in [2.05, 4.69) is 22.0 Å². The normalized spacial score (nSPS) is 16.7. The van der Waals surface area contributed by atoms with E-state index in [0.29, 0.717) is 22.2 Å². The Balaban J connectivity index is 1.85. The quantitative estimate of drug-likeness (QED) is 0.662. The van der Waals surface area contributed by atoms with Gasteiger partial charge in [0.1, 0.15) is 0 Å². The minimum Gasteiger partial charge on any atom is -0.331 e. The van der Waals surface area contributed by atoms with Crippen LogP contribution in [0.5, 0.6) is 0 Å². The monoisotopic (exact) mass is 397 g/mol. The average molecular weight is 399 g/mol. The van der Waals surface area contributed by atoms with Gasteiger partial charge in [-0.05, 0) is 41.8 Å². The van der Waals surface area contributed by atoms with Gasteiger partial charge in [0.05, 0.1) is 12.5 Å². The van der Waals surface area contributed by atoms with Crippen molar-refractivity contribution in [2.45, 2.75) is 25.9 Å². The van der Waals surface area contributed by atoms with Crippen LogP contribution in [0.4, 0.5) is 0 Å². The van der Waals surface area contributed by atoms with Gasteiger partial charge < -0.3 is 4.90 Å². The van der Waals surface area contributed by atoms with Crippen molar-refractivity contribution in [1.29, 1.82) is 0 Å². The van der Waals surface area contributed by atoms with E-state index in [0.717, 1.165) is 4.47 Å². The molecule has 1 heterocycles. The molecule has 2 nitrogen and oxygen atoms in total. The minimum atomic E-state index is 0.0330. The molecule has 5 heteroatoms. The molecule has 2 aromatic carbocycles. The summed E-state index contributed by atoms with van der Waals surface area (Å²) in [5.41, 5.74) is 3.06. The Kier molecular flexibility index (Phi) is 4.49. The number of hydrogen-bond donors (Lipinski definition) is 0. The fourth-order valence-electron chi connectivity index (χ4n) is 2.87. The third kappa shape index (κ3) is 2.78. The van der Waals surface area contributed by atoms with E-state index in [1.807, 2.05) is 24.0 Å². The number of hydrogen-bond acceptors (Lipinski definition) is 1. The molecule has 2 aromatic rings. The van der Waals surface area contributed by atoms with Crippen LogP contribution in [0, 0.1) is 0 Å². The lowest BCUT2D eigenvalue weighted by Gasteiger charge is -2.22. The summed E-state index contributed by atoms with van der Waals surface area (Å²) in [7, 11) is 0. The topological polar surface area (TPSA) is 20.3 Å². The Labute approximate surface area is 148 Å². The summed E-state index contributed by atoms with van der Waals surface area (Å²) in [5, 5.41) is 1.07. The van der Waals surface area contributed by atoms with Gasteiger partial charge in [-0.2, -0.15) is 0 Å². The number of carbonyl (C=O) groups excluding carboxylic acids is 1. The van der Waals surface area contributed by atoms with Gasteiger partial charge in [0.25, 0.3) is 0 Å². The molecule has 0 fully saturated rings. The van der Waals surface area contributed by atoms with Crippen LogP contribution in [0.1, 0.15) is 29.7 Å². The largest absolute Gasteiger partial charge is 0.331 e. The number of fused-ring (bicyclic) bond motifs is 1. The second-order valence-corrected chi connectivity index (χ2v) is 7.05. The lowest BCUT2D eigenvalue weighted by atomic mass is 10.1. The van der Waals surface area contributed by atoms with E-state index in [9.17, 15) is 4.79 Å². The van der Waals surface area contributed by atoms with Crippen LogP contribution in [0.25, 0.3) is 0 Å². The fraction of sp³-hybridized carbons (Fsp3) is 0.235. The standard InChI is InChI=1S/C17H14BrCl2NO/c1-10-11-4-2-5-14(18)13(11)9-21(10)17(22)8-12-15(19)6-3-7-16(12)20/h2-7,10H,8-9H2,1H3/t10-/m0/s1. The molecular formula is C17H14BrCl2NO. The first-order valence-electron chi connectivity index (χ1n) is 6.98. The first-order valence-corrected chi connectivity index (χ1v) is 8.53. The van der Waals surface area contributed by atoms with E-state index in [-0.39, 0.29) is 18.4 Å². The molecule has 22 heavy (non-hydrogen) atoms. The van der Waals surface area contributed by atoms with Crippen molar-refractivity contribution in [3.8, 4) is 0 Å². The second kappa shape index (κ2) is 6.23. The van der Waals surface area contributed by atoms with Gasteiger partial charge in [-0.1, -0.05) is 57.3 Å². The van der Waals surface area contributed by atoms with Crippen molar-refractivity contribution in [2.24, 2.45) is 0 Å². The maximum absolute atomic E-state index is 12.7. The minimum absolute atomic E-state index is 0.0330. The summed E-state index contributed by atoms with van der Waals surface area (Å²) < 4.78 is 1.04. The van der Waals surface area contributed by atoms with E-state index in [4.69, 9.17) is 23.2 Å². The van der Waals surface area contributed by atoms with Crippen LogP contribution in [0.15, 0.2) is 40.9 Å². The first kappa shape index (κ1) is 15.9. The Morgan fingerprint density at radius 2 is 1.86 bits per heavy atom. The number of halogens is 3. The van der Waals surface area contributed by atoms with Gasteiger partial charge in [-0.3, -0.25) is 4.79 Å². The number of rotatable bonds is 2. The Hall–Kier alpha value is -1.03. The third-order valence-corrected chi connectivity index (χ3v) is 5.56. The van der Waals surface area contributed by atoms with Crippen molar-refractivity contribution >= 4 is 45.0 Å². The molecule has 0 unspecified atom stereocenters. The van der Waals surface area contributed by atoms with Gasteiger partial charge in [-0.25, -0.2) is 0 Å². The molecule has 0 saturated carbocycles. The zero-order chi connectivity index (χ0) is 15.9. The summed E-state index contributed by atoms with van der Waals surface area (Å²) >= 11 is 15.9. The van der Waals surface area contributed by atoms with E-state index < -0.39 is 0 Å². The number of nitrogens with zero attached hydrogens (tertiary/aromatic N) is 1. The van der Waals surface area contributed by atoms with Gasteiger partial charge in [0.15, 0.2) is 0 Å². The Bertz CT molecular complexity index is 727. The van der Waals surface area contributed by atoms with Crippen molar-refractivity contribution in [3.05, 3.63) is 67.6 Å². The molecule has 1 aliphatic heterocycles.